The number of morpholine rings is 1. The Labute approximate surface area is 219 Å². The summed E-state index contributed by atoms with van der Waals surface area (Å²) in [5.74, 6) is 3.86. The van der Waals surface area contributed by atoms with Crippen LogP contribution in [-0.2, 0) is 24.3 Å². The van der Waals surface area contributed by atoms with Crippen molar-refractivity contribution in [1.82, 2.24) is 4.90 Å². The molecular weight excluding hydrogens is 470 g/mol. The first-order valence-electron chi connectivity index (χ1n) is 12.7. The third-order valence-electron chi connectivity index (χ3n) is 6.34. The lowest BCUT2D eigenvalue weighted by Gasteiger charge is -2.27. The van der Waals surface area contributed by atoms with E-state index in [1.54, 1.807) is 21.3 Å². The summed E-state index contributed by atoms with van der Waals surface area (Å²) in [6.45, 7) is 6.54. The number of aryl methyl sites for hydroxylation is 1. The van der Waals surface area contributed by atoms with Crippen molar-refractivity contribution in [2.75, 3.05) is 47.6 Å². The van der Waals surface area contributed by atoms with Crippen molar-refractivity contribution < 1.29 is 28.4 Å². The molecule has 0 spiro atoms. The van der Waals surface area contributed by atoms with Gasteiger partial charge in [-0.05, 0) is 59.5 Å². The number of benzene rings is 3. The highest BCUT2D eigenvalue weighted by Crippen LogP contribution is 2.44. The lowest BCUT2D eigenvalue weighted by molar-refractivity contribution is 0.0341. The molecule has 37 heavy (non-hydrogen) atoms. The van der Waals surface area contributed by atoms with Crippen LogP contribution in [0.25, 0.3) is 0 Å². The van der Waals surface area contributed by atoms with Crippen molar-refractivity contribution >= 4 is 0 Å². The fourth-order valence-electron chi connectivity index (χ4n) is 4.35. The quantitative estimate of drug-likeness (QED) is 0.304. The highest BCUT2D eigenvalue weighted by atomic mass is 16.5. The van der Waals surface area contributed by atoms with Crippen molar-refractivity contribution in [3.8, 4) is 34.5 Å². The maximum Gasteiger partial charge on any atom is 0.204 e. The summed E-state index contributed by atoms with van der Waals surface area (Å²) in [4.78, 5) is 2.36. The Morgan fingerprint density at radius 2 is 1.41 bits per heavy atom. The van der Waals surface area contributed by atoms with Crippen molar-refractivity contribution in [2.24, 2.45) is 0 Å². The van der Waals surface area contributed by atoms with E-state index in [9.17, 15) is 0 Å². The summed E-state index contributed by atoms with van der Waals surface area (Å²) in [7, 11) is 4.97. The monoisotopic (exact) mass is 507 g/mol. The Morgan fingerprint density at radius 1 is 0.730 bits per heavy atom. The average molecular weight is 508 g/mol. The van der Waals surface area contributed by atoms with Gasteiger partial charge in [0.15, 0.2) is 23.0 Å². The lowest BCUT2D eigenvalue weighted by atomic mass is 10.1. The average Bonchev–Trinajstić information content (AvgIpc) is 2.94. The Kier molecular flexibility index (Phi) is 9.52. The molecule has 3 aromatic carbocycles. The van der Waals surface area contributed by atoms with Crippen LogP contribution in [0.3, 0.4) is 0 Å². The normalized spacial score (nSPS) is 13.7. The van der Waals surface area contributed by atoms with Gasteiger partial charge >= 0.3 is 0 Å². The summed E-state index contributed by atoms with van der Waals surface area (Å²) in [5.41, 5.74) is 3.29. The SMILES string of the molecule is CCCc1ccc(Oc2cc(CN3CCOCC3)cc(OC)c2OCc2ccc(OC)cc2)c(OC)c1. The molecule has 0 aliphatic carbocycles. The van der Waals surface area contributed by atoms with Crippen LogP contribution in [0, 0.1) is 0 Å². The van der Waals surface area contributed by atoms with Gasteiger partial charge in [-0.25, -0.2) is 0 Å². The van der Waals surface area contributed by atoms with Gasteiger partial charge in [0.2, 0.25) is 5.75 Å². The van der Waals surface area contributed by atoms with E-state index < -0.39 is 0 Å². The minimum Gasteiger partial charge on any atom is -0.497 e. The van der Waals surface area contributed by atoms with Gasteiger partial charge in [-0.1, -0.05) is 31.5 Å². The Bertz CT molecular complexity index is 1140. The number of nitrogens with zero attached hydrogens (tertiary/aromatic N) is 1. The second-order valence-electron chi connectivity index (χ2n) is 8.99. The Balaban J connectivity index is 1.66. The molecule has 7 heteroatoms. The summed E-state index contributed by atoms with van der Waals surface area (Å²) in [6, 6.07) is 17.9. The van der Waals surface area contributed by atoms with Gasteiger partial charge in [0, 0.05) is 19.6 Å². The number of hydrogen-bond acceptors (Lipinski definition) is 7. The van der Waals surface area contributed by atoms with Crippen LogP contribution in [0.5, 0.6) is 34.5 Å². The van der Waals surface area contributed by atoms with E-state index in [2.05, 4.69) is 17.9 Å². The molecule has 3 aromatic rings. The predicted molar refractivity (Wildman–Crippen MR) is 143 cm³/mol. The van der Waals surface area contributed by atoms with Gasteiger partial charge in [-0.3, -0.25) is 4.90 Å². The lowest BCUT2D eigenvalue weighted by Crippen LogP contribution is -2.35. The fraction of sp³-hybridized carbons (Fsp3) is 0.400. The molecule has 198 valence electrons. The van der Waals surface area contributed by atoms with E-state index in [0.717, 1.165) is 62.6 Å². The van der Waals surface area contributed by atoms with Gasteiger partial charge in [0.1, 0.15) is 12.4 Å². The van der Waals surface area contributed by atoms with Crippen LogP contribution in [-0.4, -0.2) is 52.5 Å². The zero-order valence-electron chi connectivity index (χ0n) is 22.2. The van der Waals surface area contributed by atoms with Gasteiger partial charge in [0.25, 0.3) is 0 Å². The summed E-state index contributed by atoms with van der Waals surface area (Å²) in [6.07, 6.45) is 2.04. The molecule has 0 N–H and O–H groups in total. The van der Waals surface area contributed by atoms with Crippen molar-refractivity contribution in [1.29, 1.82) is 0 Å². The molecule has 0 amide bonds. The second kappa shape index (κ2) is 13.2. The van der Waals surface area contributed by atoms with Crippen LogP contribution in [0.1, 0.15) is 30.0 Å². The number of hydrogen-bond donors (Lipinski definition) is 0. The van der Waals surface area contributed by atoms with Crippen LogP contribution >= 0.6 is 0 Å². The van der Waals surface area contributed by atoms with E-state index in [1.807, 2.05) is 48.5 Å². The van der Waals surface area contributed by atoms with Gasteiger partial charge in [-0.2, -0.15) is 0 Å². The molecule has 0 unspecified atom stereocenters. The summed E-state index contributed by atoms with van der Waals surface area (Å²) < 4.78 is 35.0. The molecule has 0 aromatic heterocycles. The van der Waals surface area contributed by atoms with Crippen LogP contribution in [0.2, 0.25) is 0 Å². The third kappa shape index (κ3) is 7.08. The first kappa shape index (κ1) is 26.6. The maximum absolute atomic E-state index is 6.47. The molecule has 1 saturated heterocycles. The van der Waals surface area contributed by atoms with E-state index in [1.165, 1.54) is 5.56 Å². The first-order chi connectivity index (χ1) is 18.1. The fourth-order valence-corrected chi connectivity index (χ4v) is 4.35. The maximum atomic E-state index is 6.47. The van der Waals surface area contributed by atoms with Crippen molar-refractivity contribution in [3.05, 3.63) is 71.3 Å². The molecule has 0 bridgehead atoms. The predicted octanol–water partition coefficient (Wildman–Crippen LogP) is 5.87. The first-order valence-corrected chi connectivity index (χ1v) is 12.7. The number of rotatable bonds is 12. The van der Waals surface area contributed by atoms with Crippen LogP contribution in [0.15, 0.2) is 54.6 Å². The smallest absolute Gasteiger partial charge is 0.204 e. The summed E-state index contributed by atoms with van der Waals surface area (Å²) in [5, 5.41) is 0. The van der Waals surface area contributed by atoms with E-state index in [0.29, 0.717) is 35.4 Å². The molecule has 1 aliphatic rings. The number of ether oxygens (including phenoxy) is 6. The Hall–Kier alpha value is -3.42. The molecule has 0 saturated carbocycles. The van der Waals surface area contributed by atoms with Gasteiger partial charge in [0.05, 0.1) is 34.5 Å². The topological polar surface area (TPSA) is 58.6 Å². The molecule has 0 atom stereocenters. The highest BCUT2D eigenvalue weighted by molar-refractivity contribution is 5.57. The Morgan fingerprint density at radius 3 is 2.08 bits per heavy atom. The van der Waals surface area contributed by atoms with Gasteiger partial charge < -0.3 is 28.4 Å². The second-order valence-corrected chi connectivity index (χ2v) is 8.99. The molecular formula is C30H37NO6. The van der Waals surface area contributed by atoms with Crippen molar-refractivity contribution in [3.63, 3.8) is 0 Å². The van der Waals surface area contributed by atoms with Crippen molar-refractivity contribution in [2.45, 2.75) is 32.9 Å². The molecule has 4 rings (SSSR count). The summed E-state index contributed by atoms with van der Waals surface area (Å²) >= 11 is 0. The molecule has 0 radical (unpaired) electrons. The minimum absolute atomic E-state index is 0.353. The van der Waals surface area contributed by atoms with Gasteiger partial charge in [-0.15, -0.1) is 0 Å². The molecule has 1 fully saturated rings. The highest BCUT2D eigenvalue weighted by Gasteiger charge is 2.20. The molecule has 1 heterocycles. The zero-order valence-corrected chi connectivity index (χ0v) is 22.2. The van der Waals surface area contributed by atoms with E-state index >= 15 is 0 Å². The zero-order chi connectivity index (χ0) is 26.0. The standard InChI is InChI=1S/C30H37NO6/c1-5-6-22-9-12-26(27(17-22)33-3)37-29-19-24(20-31-13-15-35-16-14-31)18-28(34-4)30(29)36-21-23-7-10-25(32-2)11-8-23/h7-12,17-19H,5-6,13-16,20-21H2,1-4H3. The molecule has 1 aliphatic heterocycles. The van der Waals surface area contributed by atoms with Crippen LogP contribution < -0.4 is 23.7 Å². The van der Waals surface area contributed by atoms with E-state index in [-0.39, 0.29) is 0 Å². The minimum atomic E-state index is 0.353. The largest absolute Gasteiger partial charge is 0.497 e. The van der Waals surface area contributed by atoms with Crippen LogP contribution in [0.4, 0.5) is 0 Å². The molecule has 7 nitrogen and oxygen atoms in total. The number of methoxy groups -OCH3 is 3. The van der Waals surface area contributed by atoms with E-state index in [4.69, 9.17) is 28.4 Å². The third-order valence-corrected chi connectivity index (χ3v) is 6.34.